The Labute approximate surface area is 181 Å². The first-order valence-electron chi connectivity index (χ1n) is 11.3. The van der Waals surface area contributed by atoms with E-state index in [9.17, 15) is 4.79 Å². The topological polar surface area (TPSA) is 44.9 Å². The third-order valence-electron chi connectivity index (χ3n) is 5.92. The summed E-state index contributed by atoms with van der Waals surface area (Å²) < 4.78 is 0. The minimum atomic E-state index is 0.0332. The van der Waals surface area contributed by atoms with Crippen LogP contribution in [-0.2, 0) is 10.2 Å². The highest BCUT2D eigenvalue weighted by molar-refractivity contribution is 5.86. The molecule has 2 N–H and O–H groups in total. The van der Waals surface area contributed by atoms with Gasteiger partial charge in [0.05, 0.1) is 0 Å². The molecule has 0 spiro atoms. The number of H-pyrrole nitrogens is 1. The number of hydrogen-bond donors (Lipinski definition) is 2. The third kappa shape index (κ3) is 5.53. The molecule has 0 unspecified atom stereocenters. The zero-order valence-electron chi connectivity index (χ0n) is 18.9. The van der Waals surface area contributed by atoms with Crippen molar-refractivity contribution in [3.63, 3.8) is 0 Å². The van der Waals surface area contributed by atoms with Crippen LogP contribution < -0.4 is 5.32 Å². The van der Waals surface area contributed by atoms with Crippen LogP contribution in [0.4, 0.5) is 0 Å². The average molecular weight is 405 g/mol. The molecule has 1 amide bonds. The van der Waals surface area contributed by atoms with Gasteiger partial charge < -0.3 is 10.3 Å². The Bertz CT molecular complexity index is 947. The molecule has 3 heteroatoms. The number of unbranched alkanes of at least 4 members (excludes halogenated alkanes) is 3. The number of aromatic nitrogens is 1. The monoisotopic (exact) mass is 404 g/mol. The van der Waals surface area contributed by atoms with E-state index in [-0.39, 0.29) is 17.2 Å². The van der Waals surface area contributed by atoms with Crippen LogP contribution >= 0.6 is 0 Å². The summed E-state index contributed by atoms with van der Waals surface area (Å²) in [4.78, 5) is 16.2. The van der Waals surface area contributed by atoms with E-state index in [1.165, 1.54) is 41.3 Å². The second kappa shape index (κ2) is 9.97. The highest BCUT2D eigenvalue weighted by Crippen LogP contribution is 2.34. The fraction of sp³-hybridized carbons (Fsp3) is 0.444. The summed E-state index contributed by atoms with van der Waals surface area (Å²) in [5.41, 5.74) is 4.92. The van der Waals surface area contributed by atoms with Crippen molar-refractivity contribution < 1.29 is 4.79 Å². The standard InChI is InChI=1S/C27H36N2O/c1-5-6-7-10-17-28-26(30)18-23(20-13-15-21(16-14-20)27(2,3)4)24-19-29-25-12-9-8-11-22(24)25/h8-9,11-16,19,23,29H,5-7,10,17-18H2,1-4H3,(H,28,30)/t23-/m1/s1. The van der Waals surface area contributed by atoms with Crippen LogP contribution in [-0.4, -0.2) is 17.4 Å². The smallest absolute Gasteiger partial charge is 0.220 e. The molecule has 3 rings (SSSR count). The Morgan fingerprint density at radius 3 is 2.43 bits per heavy atom. The van der Waals surface area contributed by atoms with Crippen LogP contribution in [0.3, 0.4) is 0 Å². The summed E-state index contributed by atoms with van der Waals surface area (Å²) in [6.45, 7) is 9.65. The van der Waals surface area contributed by atoms with Crippen molar-refractivity contribution in [2.45, 2.75) is 71.1 Å². The molecule has 3 aromatic rings. The van der Waals surface area contributed by atoms with Gasteiger partial charge in [-0.05, 0) is 34.6 Å². The summed E-state index contributed by atoms with van der Waals surface area (Å²) in [6, 6.07) is 17.1. The largest absolute Gasteiger partial charge is 0.361 e. The molecule has 0 aliphatic carbocycles. The van der Waals surface area contributed by atoms with Gasteiger partial charge in [-0.15, -0.1) is 0 Å². The number of carbonyl (C=O) groups excluding carboxylic acids is 1. The number of carbonyl (C=O) groups is 1. The Balaban J connectivity index is 1.83. The zero-order chi connectivity index (χ0) is 21.6. The quantitative estimate of drug-likeness (QED) is 0.384. The average Bonchev–Trinajstić information content (AvgIpc) is 3.15. The molecule has 30 heavy (non-hydrogen) atoms. The molecule has 0 bridgehead atoms. The first-order valence-corrected chi connectivity index (χ1v) is 11.3. The summed E-state index contributed by atoms with van der Waals surface area (Å²) in [5.74, 6) is 0.160. The highest BCUT2D eigenvalue weighted by Gasteiger charge is 2.22. The second-order valence-corrected chi connectivity index (χ2v) is 9.33. The van der Waals surface area contributed by atoms with E-state index >= 15 is 0 Å². The lowest BCUT2D eigenvalue weighted by atomic mass is 9.83. The summed E-state index contributed by atoms with van der Waals surface area (Å²) in [6.07, 6.45) is 7.20. The highest BCUT2D eigenvalue weighted by atomic mass is 16.1. The molecule has 2 aromatic carbocycles. The first-order chi connectivity index (χ1) is 14.4. The van der Waals surface area contributed by atoms with Crippen LogP contribution in [0.1, 0.15) is 82.4 Å². The van der Waals surface area contributed by atoms with Gasteiger partial charge in [0.2, 0.25) is 5.91 Å². The fourth-order valence-corrected chi connectivity index (χ4v) is 4.04. The first kappa shape index (κ1) is 22.1. The van der Waals surface area contributed by atoms with Crippen molar-refractivity contribution in [3.05, 3.63) is 71.4 Å². The van der Waals surface area contributed by atoms with Crippen LogP contribution in [0, 0.1) is 0 Å². The van der Waals surface area contributed by atoms with Crippen LogP contribution in [0.25, 0.3) is 10.9 Å². The lowest BCUT2D eigenvalue weighted by Gasteiger charge is -2.22. The molecule has 0 saturated carbocycles. The molecule has 0 saturated heterocycles. The van der Waals surface area contributed by atoms with Gasteiger partial charge in [0, 0.05) is 36.0 Å². The van der Waals surface area contributed by atoms with Crippen molar-refractivity contribution in [2.24, 2.45) is 0 Å². The van der Waals surface area contributed by atoms with E-state index in [1.54, 1.807) is 0 Å². The van der Waals surface area contributed by atoms with E-state index < -0.39 is 0 Å². The van der Waals surface area contributed by atoms with Gasteiger partial charge in [0.1, 0.15) is 0 Å². The van der Waals surface area contributed by atoms with E-state index in [0.717, 1.165) is 18.5 Å². The normalized spacial score (nSPS) is 12.8. The van der Waals surface area contributed by atoms with Gasteiger partial charge in [-0.25, -0.2) is 0 Å². The fourth-order valence-electron chi connectivity index (χ4n) is 4.04. The Morgan fingerprint density at radius 2 is 1.73 bits per heavy atom. The Kier molecular flexibility index (Phi) is 7.36. The summed E-state index contributed by atoms with van der Waals surface area (Å²) in [5, 5.41) is 4.33. The van der Waals surface area contributed by atoms with Crippen LogP contribution in [0.5, 0.6) is 0 Å². The molecule has 1 atom stereocenters. The van der Waals surface area contributed by atoms with Crippen molar-refractivity contribution in [1.29, 1.82) is 0 Å². The van der Waals surface area contributed by atoms with Gasteiger partial charge >= 0.3 is 0 Å². The molecule has 0 fully saturated rings. The Hall–Kier alpha value is -2.55. The van der Waals surface area contributed by atoms with E-state index in [0.29, 0.717) is 6.42 Å². The summed E-state index contributed by atoms with van der Waals surface area (Å²) in [7, 11) is 0. The molecule has 1 heterocycles. The number of benzene rings is 2. The molecule has 1 aromatic heterocycles. The lowest BCUT2D eigenvalue weighted by Crippen LogP contribution is -2.26. The predicted molar refractivity (Wildman–Crippen MR) is 127 cm³/mol. The van der Waals surface area contributed by atoms with E-state index in [4.69, 9.17) is 0 Å². The number of para-hydroxylation sites is 1. The maximum Gasteiger partial charge on any atom is 0.220 e. The number of nitrogens with one attached hydrogen (secondary N) is 2. The van der Waals surface area contributed by atoms with Crippen LogP contribution in [0.15, 0.2) is 54.7 Å². The Morgan fingerprint density at radius 1 is 1.00 bits per heavy atom. The number of amides is 1. The number of hydrogen-bond acceptors (Lipinski definition) is 1. The van der Waals surface area contributed by atoms with Crippen molar-refractivity contribution in [1.82, 2.24) is 10.3 Å². The molecule has 160 valence electrons. The number of fused-ring (bicyclic) bond motifs is 1. The van der Waals surface area contributed by atoms with Gasteiger partial charge in [-0.2, -0.15) is 0 Å². The molecule has 3 nitrogen and oxygen atoms in total. The zero-order valence-corrected chi connectivity index (χ0v) is 18.9. The SMILES string of the molecule is CCCCCCNC(=O)C[C@H](c1ccc(C(C)(C)C)cc1)c1c[nH]c2ccccc12. The molecule has 0 aliphatic heterocycles. The molecule has 0 aliphatic rings. The summed E-state index contributed by atoms with van der Waals surface area (Å²) >= 11 is 0. The number of rotatable bonds is 9. The van der Waals surface area contributed by atoms with E-state index in [2.05, 4.69) is 86.7 Å². The third-order valence-corrected chi connectivity index (χ3v) is 5.92. The minimum Gasteiger partial charge on any atom is -0.361 e. The molecular weight excluding hydrogens is 368 g/mol. The minimum absolute atomic E-state index is 0.0332. The van der Waals surface area contributed by atoms with Crippen molar-refractivity contribution in [2.75, 3.05) is 6.54 Å². The van der Waals surface area contributed by atoms with Crippen molar-refractivity contribution in [3.8, 4) is 0 Å². The lowest BCUT2D eigenvalue weighted by molar-refractivity contribution is -0.121. The van der Waals surface area contributed by atoms with E-state index in [1.807, 2.05) is 6.07 Å². The molecular formula is C27H36N2O. The molecule has 0 radical (unpaired) electrons. The van der Waals surface area contributed by atoms with Gasteiger partial charge in [0.15, 0.2) is 0 Å². The second-order valence-electron chi connectivity index (χ2n) is 9.33. The predicted octanol–water partition coefficient (Wildman–Crippen LogP) is 6.68. The van der Waals surface area contributed by atoms with Gasteiger partial charge in [0.25, 0.3) is 0 Å². The number of aromatic amines is 1. The van der Waals surface area contributed by atoms with Gasteiger partial charge in [-0.1, -0.05) is 89.4 Å². The van der Waals surface area contributed by atoms with Gasteiger partial charge in [-0.3, -0.25) is 4.79 Å². The van der Waals surface area contributed by atoms with Crippen LogP contribution in [0.2, 0.25) is 0 Å². The van der Waals surface area contributed by atoms with Crippen molar-refractivity contribution >= 4 is 16.8 Å². The maximum absolute atomic E-state index is 12.8. The maximum atomic E-state index is 12.8.